The van der Waals surface area contributed by atoms with Gasteiger partial charge in [-0.05, 0) is 36.9 Å². The van der Waals surface area contributed by atoms with Gasteiger partial charge in [-0.15, -0.1) is 0 Å². The molecule has 0 bridgehead atoms. The van der Waals surface area contributed by atoms with Crippen molar-refractivity contribution in [2.24, 2.45) is 5.92 Å². The fourth-order valence-corrected chi connectivity index (χ4v) is 2.98. The maximum Gasteiger partial charge on any atom is 0.177 e. The van der Waals surface area contributed by atoms with Gasteiger partial charge in [0, 0.05) is 19.3 Å². The normalized spacial score (nSPS) is 20.8. The van der Waals surface area contributed by atoms with Crippen LogP contribution in [0.4, 0.5) is 0 Å². The Morgan fingerprint density at radius 1 is 1.44 bits per heavy atom. The highest BCUT2D eigenvalue weighted by Crippen LogP contribution is 2.23. The maximum atomic E-state index is 4.26. The quantitative estimate of drug-likeness (QED) is 0.899. The molecule has 2 aromatic rings. The molecule has 3 rings (SSSR count). The van der Waals surface area contributed by atoms with E-state index in [9.17, 15) is 0 Å². The zero-order valence-corrected chi connectivity index (χ0v) is 10.9. The molecule has 1 aliphatic rings. The van der Waals surface area contributed by atoms with E-state index in [4.69, 9.17) is 0 Å². The van der Waals surface area contributed by atoms with Crippen LogP contribution in [0.25, 0.3) is 11.2 Å². The van der Waals surface area contributed by atoms with Crippen molar-refractivity contribution >= 4 is 11.2 Å². The minimum absolute atomic E-state index is 0.830. The summed E-state index contributed by atoms with van der Waals surface area (Å²) in [5.74, 6) is 0.897. The van der Waals surface area contributed by atoms with Crippen LogP contribution in [0.1, 0.15) is 31.7 Å². The van der Waals surface area contributed by atoms with Crippen molar-refractivity contribution in [1.29, 1.82) is 0 Å². The highest BCUT2D eigenvalue weighted by atomic mass is 15.1. The highest BCUT2D eigenvalue weighted by Gasteiger charge is 2.22. The molecule has 96 valence electrons. The number of H-pyrrole nitrogens is 1. The molecular weight excluding hydrogens is 224 g/mol. The Hall–Kier alpha value is -1.42. The van der Waals surface area contributed by atoms with Crippen molar-refractivity contribution in [3.63, 3.8) is 0 Å². The maximum absolute atomic E-state index is 4.26. The van der Waals surface area contributed by atoms with Crippen molar-refractivity contribution < 1.29 is 0 Å². The molecular formula is C14H20N4. The van der Waals surface area contributed by atoms with E-state index in [2.05, 4.69) is 32.8 Å². The Balaban J connectivity index is 1.71. The van der Waals surface area contributed by atoms with E-state index in [1.807, 2.05) is 6.20 Å². The smallest absolute Gasteiger partial charge is 0.177 e. The molecule has 4 heteroatoms. The topological polar surface area (TPSA) is 44.8 Å². The van der Waals surface area contributed by atoms with Crippen LogP contribution in [0.3, 0.4) is 0 Å². The van der Waals surface area contributed by atoms with Crippen LogP contribution >= 0.6 is 0 Å². The number of nitrogens with one attached hydrogen (secondary N) is 1. The van der Waals surface area contributed by atoms with Gasteiger partial charge in [-0.3, -0.25) is 4.90 Å². The van der Waals surface area contributed by atoms with Crippen molar-refractivity contribution in [1.82, 2.24) is 19.9 Å². The third-order valence-electron chi connectivity index (χ3n) is 3.87. The van der Waals surface area contributed by atoms with E-state index in [1.165, 1.54) is 37.9 Å². The Bertz CT molecular complexity index is 519. The first-order chi connectivity index (χ1) is 8.86. The largest absolute Gasteiger partial charge is 0.343 e. The Labute approximate surface area is 107 Å². The van der Waals surface area contributed by atoms with Crippen molar-refractivity contribution in [3.8, 4) is 0 Å². The number of aromatic amines is 1. The fraction of sp³-hybridized carbons (Fsp3) is 0.571. The summed E-state index contributed by atoms with van der Waals surface area (Å²) in [6, 6.07) is 2.10. The molecule has 0 spiro atoms. The Morgan fingerprint density at radius 2 is 2.39 bits per heavy atom. The molecule has 0 aliphatic carbocycles. The molecule has 0 saturated carbocycles. The minimum Gasteiger partial charge on any atom is -0.343 e. The van der Waals surface area contributed by atoms with Gasteiger partial charge in [0.05, 0.1) is 11.8 Å². The first kappa shape index (κ1) is 11.7. The number of aromatic nitrogens is 3. The van der Waals surface area contributed by atoms with Crippen molar-refractivity contribution in [3.05, 3.63) is 24.2 Å². The number of hydrogen-bond donors (Lipinski definition) is 1. The molecule has 3 heterocycles. The summed E-state index contributed by atoms with van der Waals surface area (Å²) >= 11 is 0. The SMILES string of the molecule is CCCC1CCN(Cc2ccnc3nc[nH]c23)C1. The van der Waals surface area contributed by atoms with E-state index in [0.29, 0.717) is 0 Å². The van der Waals surface area contributed by atoms with Crippen LogP contribution in [0.5, 0.6) is 0 Å². The van der Waals surface area contributed by atoms with Crippen LogP contribution < -0.4 is 0 Å². The van der Waals surface area contributed by atoms with Crippen LogP contribution in [0, 0.1) is 5.92 Å². The Kier molecular flexibility index (Phi) is 3.28. The van der Waals surface area contributed by atoms with E-state index >= 15 is 0 Å². The number of fused-ring (bicyclic) bond motifs is 1. The van der Waals surface area contributed by atoms with Crippen molar-refractivity contribution in [2.75, 3.05) is 13.1 Å². The number of rotatable bonds is 4. The van der Waals surface area contributed by atoms with Crippen LogP contribution in [-0.2, 0) is 6.54 Å². The van der Waals surface area contributed by atoms with Gasteiger partial charge in [-0.2, -0.15) is 0 Å². The number of hydrogen-bond acceptors (Lipinski definition) is 3. The van der Waals surface area contributed by atoms with Crippen LogP contribution in [-0.4, -0.2) is 32.9 Å². The standard InChI is InChI=1S/C14H20N4/c1-2-3-11-5-7-18(8-11)9-12-4-6-15-14-13(12)16-10-17-14/h4,6,10-11H,2-3,5,7-9H2,1H3,(H,15,16,17). The molecule has 4 nitrogen and oxygen atoms in total. The summed E-state index contributed by atoms with van der Waals surface area (Å²) < 4.78 is 0. The molecule has 1 fully saturated rings. The van der Waals surface area contributed by atoms with Gasteiger partial charge in [0.25, 0.3) is 0 Å². The monoisotopic (exact) mass is 244 g/mol. The molecule has 18 heavy (non-hydrogen) atoms. The average molecular weight is 244 g/mol. The van der Waals surface area contributed by atoms with Crippen LogP contribution in [0.15, 0.2) is 18.6 Å². The van der Waals surface area contributed by atoms with Crippen LogP contribution in [0.2, 0.25) is 0 Å². The van der Waals surface area contributed by atoms with E-state index < -0.39 is 0 Å². The predicted molar refractivity (Wildman–Crippen MR) is 72.2 cm³/mol. The number of imidazole rings is 1. The summed E-state index contributed by atoms with van der Waals surface area (Å²) in [6.45, 7) is 5.76. The van der Waals surface area contributed by atoms with Gasteiger partial charge < -0.3 is 4.98 Å². The molecule has 1 aliphatic heterocycles. The zero-order valence-electron chi connectivity index (χ0n) is 10.9. The first-order valence-electron chi connectivity index (χ1n) is 6.86. The lowest BCUT2D eigenvalue weighted by atomic mass is 10.0. The summed E-state index contributed by atoms with van der Waals surface area (Å²) in [5.41, 5.74) is 3.24. The lowest BCUT2D eigenvalue weighted by Gasteiger charge is -2.16. The molecule has 0 aromatic carbocycles. The van der Waals surface area contributed by atoms with Crippen molar-refractivity contribution in [2.45, 2.75) is 32.7 Å². The second kappa shape index (κ2) is 5.06. The predicted octanol–water partition coefficient (Wildman–Crippen LogP) is 2.58. The molecule has 0 radical (unpaired) electrons. The third kappa shape index (κ3) is 2.25. The first-order valence-corrected chi connectivity index (χ1v) is 6.86. The number of nitrogens with zero attached hydrogens (tertiary/aromatic N) is 3. The van der Waals surface area contributed by atoms with Gasteiger partial charge in [-0.1, -0.05) is 13.3 Å². The zero-order chi connectivity index (χ0) is 12.4. The summed E-state index contributed by atoms with van der Waals surface area (Å²) in [5, 5.41) is 0. The molecule has 1 unspecified atom stereocenters. The van der Waals surface area contributed by atoms with Gasteiger partial charge >= 0.3 is 0 Å². The molecule has 1 N–H and O–H groups in total. The Morgan fingerprint density at radius 3 is 3.28 bits per heavy atom. The second-order valence-corrected chi connectivity index (χ2v) is 5.25. The van der Waals surface area contributed by atoms with E-state index in [1.54, 1.807) is 6.33 Å². The minimum atomic E-state index is 0.830. The van der Waals surface area contributed by atoms with E-state index in [-0.39, 0.29) is 0 Å². The number of likely N-dealkylation sites (tertiary alicyclic amines) is 1. The second-order valence-electron chi connectivity index (χ2n) is 5.25. The van der Waals surface area contributed by atoms with Gasteiger partial charge in [0.15, 0.2) is 5.65 Å². The lowest BCUT2D eigenvalue weighted by Crippen LogP contribution is -2.20. The van der Waals surface area contributed by atoms with Gasteiger partial charge in [0.2, 0.25) is 0 Å². The molecule has 1 atom stereocenters. The molecule has 1 saturated heterocycles. The van der Waals surface area contributed by atoms with Gasteiger partial charge in [0.1, 0.15) is 0 Å². The number of pyridine rings is 1. The third-order valence-corrected chi connectivity index (χ3v) is 3.87. The summed E-state index contributed by atoms with van der Waals surface area (Å²) in [4.78, 5) is 14.2. The highest BCUT2D eigenvalue weighted by molar-refractivity contribution is 5.73. The summed E-state index contributed by atoms with van der Waals surface area (Å²) in [7, 11) is 0. The van der Waals surface area contributed by atoms with Gasteiger partial charge in [-0.25, -0.2) is 9.97 Å². The summed E-state index contributed by atoms with van der Waals surface area (Å²) in [6.07, 6.45) is 7.61. The lowest BCUT2D eigenvalue weighted by molar-refractivity contribution is 0.314. The fourth-order valence-electron chi connectivity index (χ4n) is 2.98. The van der Waals surface area contributed by atoms with E-state index in [0.717, 1.165) is 23.6 Å². The molecule has 0 amide bonds. The molecule has 2 aromatic heterocycles. The average Bonchev–Trinajstić information content (AvgIpc) is 2.99.